The first-order chi connectivity index (χ1) is 4.24. The summed E-state index contributed by atoms with van der Waals surface area (Å²) in [6.07, 6.45) is -0.424. The van der Waals surface area contributed by atoms with Gasteiger partial charge in [0.1, 0.15) is 6.10 Å². The molecule has 0 aromatic carbocycles. The van der Waals surface area contributed by atoms with Gasteiger partial charge in [-0.2, -0.15) is 0 Å². The van der Waals surface area contributed by atoms with Gasteiger partial charge < -0.3 is 9.95 Å². The zero-order valence-electron chi connectivity index (χ0n) is 5.41. The monoisotopic (exact) mass is 126 g/mol. The van der Waals surface area contributed by atoms with Crippen molar-refractivity contribution in [2.45, 2.75) is 12.1 Å². The van der Waals surface area contributed by atoms with Gasteiger partial charge in [0.15, 0.2) is 0 Å². The van der Waals surface area contributed by atoms with Crippen LogP contribution < -0.4 is 0 Å². The van der Waals surface area contributed by atoms with Gasteiger partial charge in [0.25, 0.3) is 6.04 Å². The zero-order valence-corrected chi connectivity index (χ0v) is 5.41. The van der Waals surface area contributed by atoms with E-state index >= 15 is 0 Å². The first kappa shape index (κ1) is 6.53. The topological polar surface area (TPSA) is 27.8 Å². The van der Waals surface area contributed by atoms with E-state index in [0.29, 0.717) is 13.1 Å². The second kappa shape index (κ2) is 2.34. The Hall–Kier alpha value is -0.590. The third-order valence-electron chi connectivity index (χ3n) is 1.61. The Balaban J connectivity index is 2.50. The predicted molar refractivity (Wildman–Crippen MR) is 33.9 cm³/mol. The molecule has 0 bridgehead atoms. The predicted octanol–water partition coefficient (Wildman–Crippen LogP) is -0.419. The van der Waals surface area contributed by atoms with Crippen molar-refractivity contribution in [3.8, 4) is 0 Å². The standard InChI is InChI=1S/C6H10N2O/c1-7-5-3-8(2)4-6(5)9/h5-6,9H,3-4H2,2H3. The van der Waals surface area contributed by atoms with E-state index in [0.717, 1.165) is 0 Å². The summed E-state index contributed by atoms with van der Waals surface area (Å²) in [5, 5.41) is 9.10. The van der Waals surface area contributed by atoms with Gasteiger partial charge in [-0.25, -0.2) is 6.57 Å². The minimum absolute atomic E-state index is 0.185. The summed E-state index contributed by atoms with van der Waals surface area (Å²) in [7, 11) is 1.91. The lowest BCUT2D eigenvalue weighted by atomic mass is 10.2. The van der Waals surface area contributed by atoms with Crippen molar-refractivity contribution in [1.29, 1.82) is 0 Å². The number of hydrogen-bond acceptors (Lipinski definition) is 2. The second-order valence-electron chi connectivity index (χ2n) is 2.49. The van der Waals surface area contributed by atoms with Gasteiger partial charge in [-0.3, -0.25) is 4.90 Å². The summed E-state index contributed by atoms with van der Waals surface area (Å²) in [6.45, 7) is 8.02. The maximum absolute atomic E-state index is 9.10. The highest BCUT2D eigenvalue weighted by Crippen LogP contribution is 2.10. The lowest BCUT2D eigenvalue weighted by Crippen LogP contribution is -2.19. The number of hydrogen-bond donors (Lipinski definition) is 1. The van der Waals surface area contributed by atoms with Gasteiger partial charge >= 0.3 is 0 Å². The van der Waals surface area contributed by atoms with Crippen LogP contribution in [0.4, 0.5) is 0 Å². The van der Waals surface area contributed by atoms with Crippen LogP contribution in [0.15, 0.2) is 0 Å². The van der Waals surface area contributed by atoms with E-state index in [-0.39, 0.29) is 6.04 Å². The van der Waals surface area contributed by atoms with Crippen molar-refractivity contribution in [3.63, 3.8) is 0 Å². The van der Waals surface area contributed by atoms with E-state index < -0.39 is 6.10 Å². The fraction of sp³-hybridized carbons (Fsp3) is 0.833. The van der Waals surface area contributed by atoms with Crippen LogP contribution in [0.3, 0.4) is 0 Å². The van der Waals surface area contributed by atoms with Gasteiger partial charge in [0.2, 0.25) is 0 Å². The molecule has 1 heterocycles. The smallest absolute Gasteiger partial charge is 0.262 e. The summed E-state index contributed by atoms with van der Waals surface area (Å²) in [6, 6.07) is -0.185. The van der Waals surface area contributed by atoms with Crippen LogP contribution in [0.25, 0.3) is 4.85 Å². The Kier molecular flexibility index (Phi) is 1.70. The highest BCUT2D eigenvalue weighted by molar-refractivity contribution is 4.94. The van der Waals surface area contributed by atoms with Crippen LogP contribution in [-0.2, 0) is 0 Å². The second-order valence-corrected chi connectivity index (χ2v) is 2.49. The summed E-state index contributed by atoms with van der Waals surface area (Å²) in [4.78, 5) is 5.24. The van der Waals surface area contributed by atoms with Gasteiger partial charge in [-0.1, -0.05) is 0 Å². The van der Waals surface area contributed by atoms with Crippen molar-refractivity contribution < 1.29 is 5.11 Å². The Bertz CT molecular complexity index is 140. The van der Waals surface area contributed by atoms with E-state index in [1.165, 1.54) is 0 Å². The molecule has 2 atom stereocenters. The van der Waals surface area contributed by atoms with Crippen LogP contribution in [0.1, 0.15) is 0 Å². The average Bonchev–Trinajstić information content (AvgIpc) is 2.10. The largest absolute Gasteiger partial charge is 0.384 e. The molecule has 9 heavy (non-hydrogen) atoms. The highest BCUT2D eigenvalue weighted by Gasteiger charge is 2.33. The zero-order chi connectivity index (χ0) is 6.85. The van der Waals surface area contributed by atoms with Crippen LogP contribution in [0.5, 0.6) is 0 Å². The molecule has 0 amide bonds. The molecule has 50 valence electrons. The van der Waals surface area contributed by atoms with Gasteiger partial charge in [-0.15, -0.1) is 0 Å². The van der Waals surface area contributed by atoms with Gasteiger partial charge in [0, 0.05) is 6.54 Å². The van der Waals surface area contributed by atoms with Crippen molar-refractivity contribution in [1.82, 2.24) is 4.90 Å². The lowest BCUT2D eigenvalue weighted by Gasteiger charge is -2.00. The van der Waals surface area contributed by atoms with Crippen LogP contribution in [0.2, 0.25) is 0 Å². The molecule has 1 saturated heterocycles. The van der Waals surface area contributed by atoms with Crippen LogP contribution >= 0.6 is 0 Å². The third-order valence-corrected chi connectivity index (χ3v) is 1.61. The van der Waals surface area contributed by atoms with Crippen molar-refractivity contribution in [3.05, 3.63) is 11.4 Å². The number of aliphatic hydroxyl groups is 1. The number of aliphatic hydroxyl groups excluding tert-OH is 1. The summed E-state index contributed by atoms with van der Waals surface area (Å²) < 4.78 is 0. The Labute approximate surface area is 54.7 Å². The fourth-order valence-electron chi connectivity index (χ4n) is 1.08. The lowest BCUT2D eigenvalue weighted by molar-refractivity contribution is 0.178. The summed E-state index contributed by atoms with van der Waals surface area (Å²) in [5.74, 6) is 0. The molecule has 3 nitrogen and oxygen atoms in total. The third kappa shape index (κ3) is 1.21. The molecule has 1 aliphatic heterocycles. The molecule has 0 spiro atoms. The number of likely N-dealkylation sites (tertiary alicyclic amines) is 1. The number of rotatable bonds is 0. The molecule has 1 fully saturated rings. The first-order valence-corrected chi connectivity index (χ1v) is 2.97. The molecule has 0 saturated carbocycles. The minimum atomic E-state index is -0.424. The molecule has 1 N–H and O–H groups in total. The fourth-order valence-corrected chi connectivity index (χ4v) is 1.08. The van der Waals surface area contributed by atoms with E-state index in [9.17, 15) is 0 Å². The Morgan fingerprint density at radius 2 is 2.33 bits per heavy atom. The average molecular weight is 126 g/mol. The maximum atomic E-state index is 9.10. The van der Waals surface area contributed by atoms with E-state index in [4.69, 9.17) is 11.7 Å². The quantitative estimate of drug-likeness (QED) is 0.446. The molecule has 2 unspecified atom stereocenters. The van der Waals surface area contributed by atoms with Crippen LogP contribution in [-0.4, -0.2) is 42.3 Å². The van der Waals surface area contributed by atoms with Crippen LogP contribution in [0, 0.1) is 6.57 Å². The number of β-amino-alcohol motifs (C(OH)–C–C–N with tert-alkyl or cyclic N) is 1. The van der Waals surface area contributed by atoms with Gasteiger partial charge in [-0.05, 0) is 7.05 Å². The van der Waals surface area contributed by atoms with Gasteiger partial charge in [0.05, 0.1) is 6.54 Å². The van der Waals surface area contributed by atoms with E-state index in [2.05, 4.69) is 4.85 Å². The molecule has 0 aromatic heterocycles. The molecule has 1 rings (SSSR count). The normalized spacial score (nSPS) is 36.6. The molecular weight excluding hydrogens is 116 g/mol. The minimum Gasteiger partial charge on any atom is -0.384 e. The summed E-state index contributed by atoms with van der Waals surface area (Å²) >= 11 is 0. The highest BCUT2D eigenvalue weighted by atomic mass is 16.3. The Morgan fingerprint density at radius 1 is 1.67 bits per heavy atom. The molecular formula is C6H10N2O. The molecule has 0 aliphatic carbocycles. The molecule has 0 radical (unpaired) electrons. The number of nitrogens with zero attached hydrogens (tertiary/aromatic N) is 2. The van der Waals surface area contributed by atoms with Crippen molar-refractivity contribution in [2.24, 2.45) is 0 Å². The first-order valence-electron chi connectivity index (χ1n) is 2.97. The SMILES string of the molecule is [C-]#[N+]C1CN(C)CC1O. The van der Waals surface area contributed by atoms with Crippen molar-refractivity contribution in [2.75, 3.05) is 20.1 Å². The van der Waals surface area contributed by atoms with E-state index in [1.807, 2.05) is 11.9 Å². The molecule has 1 aliphatic rings. The Morgan fingerprint density at radius 3 is 2.56 bits per heavy atom. The summed E-state index contributed by atoms with van der Waals surface area (Å²) in [5.41, 5.74) is 0. The number of likely N-dealkylation sites (N-methyl/N-ethyl adjacent to an activating group) is 1. The molecule has 3 heteroatoms. The maximum Gasteiger partial charge on any atom is 0.262 e. The van der Waals surface area contributed by atoms with Crippen molar-refractivity contribution >= 4 is 0 Å². The van der Waals surface area contributed by atoms with E-state index in [1.54, 1.807) is 0 Å². The molecule has 0 aromatic rings.